The SMILES string of the molecule is CSc1ncnc2c(C3(O)CC[C@@H](COCc4ccccc4)O3)scc12. The zero-order valence-corrected chi connectivity index (χ0v) is 16.1. The van der Waals surface area contributed by atoms with Crippen molar-refractivity contribution in [1.82, 2.24) is 9.97 Å². The van der Waals surface area contributed by atoms with Gasteiger partial charge in [0.15, 0.2) is 0 Å². The lowest BCUT2D eigenvalue weighted by Gasteiger charge is -2.22. The number of ether oxygens (including phenoxy) is 2. The fraction of sp³-hybridized carbons (Fsp3) is 0.368. The second kappa shape index (κ2) is 7.62. The van der Waals surface area contributed by atoms with Crippen LogP contribution < -0.4 is 0 Å². The summed E-state index contributed by atoms with van der Waals surface area (Å²) in [6.45, 7) is 1.01. The largest absolute Gasteiger partial charge is 0.374 e. The van der Waals surface area contributed by atoms with Crippen molar-refractivity contribution in [2.24, 2.45) is 0 Å². The summed E-state index contributed by atoms with van der Waals surface area (Å²) >= 11 is 3.06. The number of nitrogens with zero attached hydrogens (tertiary/aromatic N) is 2. The summed E-state index contributed by atoms with van der Waals surface area (Å²) in [5.41, 5.74) is 1.91. The molecule has 4 rings (SSSR count). The molecular formula is C19H20N2O3S2. The second-order valence-electron chi connectivity index (χ2n) is 6.27. The van der Waals surface area contributed by atoms with Gasteiger partial charge in [0.05, 0.1) is 29.7 Å². The molecule has 2 atom stereocenters. The topological polar surface area (TPSA) is 64.5 Å². The van der Waals surface area contributed by atoms with Gasteiger partial charge in [-0.3, -0.25) is 0 Å². The minimum atomic E-state index is -1.29. The number of thioether (sulfide) groups is 1. The molecule has 0 aliphatic carbocycles. The van der Waals surface area contributed by atoms with Crippen LogP contribution in [0.1, 0.15) is 23.3 Å². The summed E-state index contributed by atoms with van der Waals surface area (Å²) in [5, 5.41) is 15.0. The standard InChI is InChI=1S/C19H20N2O3S2/c1-25-18-15-11-26-17(16(15)20-12-21-18)19(22)8-7-14(24-19)10-23-9-13-5-3-2-4-6-13/h2-6,11-12,14,22H,7-10H2,1H3/t14-,19?/m0/s1. The van der Waals surface area contributed by atoms with Crippen LogP contribution in [0.2, 0.25) is 0 Å². The van der Waals surface area contributed by atoms with E-state index < -0.39 is 5.79 Å². The highest BCUT2D eigenvalue weighted by atomic mass is 32.2. The molecule has 0 spiro atoms. The van der Waals surface area contributed by atoms with E-state index in [0.29, 0.717) is 19.6 Å². The lowest BCUT2D eigenvalue weighted by Crippen LogP contribution is -2.26. The third-order valence-corrected chi connectivity index (χ3v) is 6.30. The monoisotopic (exact) mass is 388 g/mol. The second-order valence-corrected chi connectivity index (χ2v) is 7.95. The van der Waals surface area contributed by atoms with Crippen LogP contribution in [0, 0.1) is 0 Å². The minimum absolute atomic E-state index is 0.122. The van der Waals surface area contributed by atoms with Gasteiger partial charge in [-0.25, -0.2) is 9.97 Å². The maximum absolute atomic E-state index is 11.1. The van der Waals surface area contributed by atoms with Gasteiger partial charge < -0.3 is 14.6 Å². The maximum atomic E-state index is 11.1. The van der Waals surface area contributed by atoms with Crippen LogP contribution in [-0.2, 0) is 21.9 Å². The summed E-state index contributed by atoms with van der Waals surface area (Å²) in [7, 11) is 0. The van der Waals surface area contributed by atoms with E-state index in [4.69, 9.17) is 9.47 Å². The lowest BCUT2D eigenvalue weighted by atomic mass is 10.1. The molecule has 7 heteroatoms. The fourth-order valence-corrected chi connectivity index (χ4v) is 4.87. The average Bonchev–Trinajstić information content (AvgIpc) is 3.27. The highest BCUT2D eigenvalue weighted by Gasteiger charge is 2.42. The molecule has 1 fully saturated rings. The molecule has 1 aliphatic rings. The van der Waals surface area contributed by atoms with Crippen molar-refractivity contribution in [2.45, 2.75) is 36.4 Å². The molecule has 0 radical (unpaired) electrons. The van der Waals surface area contributed by atoms with Gasteiger partial charge in [-0.2, -0.15) is 0 Å². The highest BCUT2D eigenvalue weighted by Crippen LogP contribution is 2.43. The third-order valence-electron chi connectivity index (χ3n) is 4.49. The Morgan fingerprint density at radius 2 is 2.19 bits per heavy atom. The van der Waals surface area contributed by atoms with E-state index in [-0.39, 0.29) is 6.10 Å². The van der Waals surface area contributed by atoms with Gasteiger partial charge in [0.25, 0.3) is 0 Å². The molecule has 5 nitrogen and oxygen atoms in total. The molecule has 1 N–H and O–H groups in total. The number of rotatable bonds is 6. The predicted octanol–water partition coefficient (Wildman–Crippen LogP) is 3.95. The van der Waals surface area contributed by atoms with Crippen LogP contribution in [-0.4, -0.2) is 34.0 Å². The van der Waals surface area contributed by atoms with Gasteiger partial charge in [0.2, 0.25) is 5.79 Å². The first-order chi connectivity index (χ1) is 12.7. The summed E-state index contributed by atoms with van der Waals surface area (Å²) in [4.78, 5) is 9.43. The van der Waals surface area contributed by atoms with Crippen LogP contribution in [0.15, 0.2) is 47.1 Å². The molecule has 1 aromatic carbocycles. The molecule has 3 aromatic rings. The normalized spacial score (nSPS) is 22.9. The first-order valence-electron chi connectivity index (χ1n) is 8.48. The summed E-state index contributed by atoms with van der Waals surface area (Å²) in [6, 6.07) is 10.0. The zero-order chi connectivity index (χ0) is 18.0. The van der Waals surface area contributed by atoms with E-state index in [0.717, 1.165) is 32.8 Å². The number of benzene rings is 1. The quantitative estimate of drug-likeness (QED) is 0.509. The molecule has 136 valence electrons. The number of aromatic nitrogens is 2. The molecule has 0 bridgehead atoms. The first kappa shape index (κ1) is 17.9. The number of hydrogen-bond acceptors (Lipinski definition) is 7. The Morgan fingerprint density at radius 3 is 3.00 bits per heavy atom. The van der Waals surface area contributed by atoms with Gasteiger partial charge in [-0.1, -0.05) is 30.3 Å². The van der Waals surface area contributed by atoms with Crippen molar-refractivity contribution < 1.29 is 14.6 Å². The number of thiophene rings is 1. The van der Waals surface area contributed by atoms with E-state index in [9.17, 15) is 5.11 Å². The van der Waals surface area contributed by atoms with Gasteiger partial charge in [-0.05, 0) is 18.2 Å². The molecule has 1 aliphatic heterocycles. The molecule has 0 saturated carbocycles. The van der Waals surface area contributed by atoms with Crippen molar-refractivity contribution >= 4 is 34.0 Å². The van der Waals surface area contributed by atoms with E-state index in [1.165, 1.54) is 11.3 Å². The molecule has 26 heavy (non-hydrogen) atoms. The molecule has 3 heterocycles. The minimum Gasteiger partial charge on any atom is -0.374 e. The van der Waals surface area contributed by atoms with E-state index in [1.54, 1.807) is 18.1 Å². The van der Waals surface area contributed by atoms with Gasteiger partial charge in [0.1, 0.15) is 11.4 Å². The Bertz CT molecular complexity index is 887. The van der Waals surface area contributed by atoms with E-state index >= 15 is 0 Å². The Morgan fingerprint density at radius 1 is 1.35 bits per heavy atom. The van der Waals surface area contributed by atoms with Crippen LogP contribution in [0.25, 0.3) is 10.9 Å². The predicted molar refractivity (Wildman–Crippen MR) is 103 cm³/mol. The Hall–Kier alpha value is -1.51. The van der Waals surface area contributed by atoms with Gasteiger partial charge in [-0.15, -0.1) is 23.1 Å². The Balaban J connectivity index is 1.44. The molecule has 1 unspecified atom stereocenters. The highest BCUT2D eigenvalue weighted by molar-refractivity contribution is 7.98. The van der Waals surface area contributed by atoms with Crippen LogP contribution in [0.5, 0.6) is 0 Å². The Labute approximate surface area is 160 Å². The molecular weight excluding hydrogens is 368 g/mol. The smallest absolute Gasteiger partial charge is 0.204 e. The summed E-state index contributed by atoms with van der Waals surface area (Å²) in [5.74, 6) is -1.29. The fourth-order valence-electron chi connectivity index (χ4n) is 3.20. The van der Waals surface area contributed by atoms with Crippen molar-refractivity contribution in [3.63, 3.8) is 0 Å². The summed E-state index contributed by atoms with van der Waals surface area (Å²) in [6.07, 6.45) is 4.71. The molecule has 0 amide bonds. The van der Waals surface area contributed by atoms with Gasteiger partial charge in [0, 0.05) is 17.2 Å². The van der Waals surface area contributed by atoms with E-state index in [2.05, 4.69) is 9.97 Å². The number of hydrogen-bond donors (Lipinski definition) is 1. The summed E-state index contributed by atoms with van der Waals surface area (Å²) < 4.78 is 11.8. The van der Waals surface area contributed by atoms with Crippen molar-refractivity contribution in [2.75, 3.05) is 12.9 Å². The molecule has 1 saturated heterocycles. The Kier molecular flexibility index (Phi) is 5.24. The van der Waals surface area contributed by atoms with Crippen LogP contribution >= 0.6 is 23.1 Å². The van der Waals surface area contributed by atoms with Crippen LogP contribution in [0.4, 0.5) is 0 Å². The van der Waals surface area contributed by atoms with Gasteiger partial charge >= 0.3 is 0 Å². The lowest BCUT2D eigenvalue weighted by molar-refractivity contribution is -0.205. The maximum Gasteiger partial charge on any atom is 0.204 e. The zero-order valence-electron chi connectivity index (χ0n) is 14.4. The average molecular weight is 389 g/mol. The van der Waals surface area contributed by atoms with Crippen molar-refractivity contribution in [3.05, 3.63) is 52.5 Å². The van der Waals surface area contributed by atoms with Crippen LogP contribution in [0.3, 0.4) is 0 Å². The third kappa shape index (κ3) is 3.50. The van der Waals surface area contributed by atoms with Crippen molar-refractivity contribution in [1.29, 1.82) is 0 Å². The van der Waals surface area contributed by atoms with E-state index in [1.807, 2.05) is 42.0 Å². The first-order valence-corrected chi connectivity index (χ1v) is 10.6. The number of aliphatic hydroxyl groups is 1. The van der Waals surface area contributed by atoms with Crippen molar-refractivity contribution in [3.8, 4) is 0 Å². The number of fused-ring (bicyclic) bond motifs is 1. The molecule has 2 aromatic heterocycles.